The number of amides is 1. The van der Waals surface area contributed by atoms with Gasteiger partial charge in [0.2, 0.25) is 5.91 Å². The topological polar surface area (TPSA) is 53.6 Å². The Morgan fingerprint density at radius 1 is 1.41 bits per heavy atom. The molecule has 1 aliphatic heterocycles. The number of nitrogens with one attached hydrogen (secondary N) is 2. The molecule has 1 heterocycles. The Bertz CT molecular complexity index is 517. The summed E-state index contributed by atoms with van der Waals surface area (Å²) in [7, 11) is 3.93. The van der Waals surface area contributed by atoms with Crippen molar-refractivity contribution in [2.45, 2.75) is 38.8 Å². The van der Waals surface area contributed by atoms with Crippen molar-refractivity contribution in [2.24, 2.45) is 0 Å². The molecule has 5 nitrogen and oxygen atoms in total. The van der Waals surface area contributed by atoms with Crippen LogP contribution in [0.1, 0.15) is 25.3 Å². The van der Waals surface area contributed by atoms with E-state index in [4.69, 9.17) is 4.74 Å². The van der Waals surface area contributed by atoms with Crippen molar-refractivity contribution in [2.75, 3.05) is 37.9 Å². The van der Waals surface area contributed by atoms with Gasteiger partial charge in [-0.05, 0) is 52.1 Å². The molecule has 0 radical (unpaired) electrons. The lowest BCUT2D eigenvalue weighted by atomic mass is 10.1. The number of anilines is 2. The molecule has 1 aromatic rings. The van der Waals surface area contributed by atoms with Crippen LogP contribution < -0.4 is 10.6 Å². The van der Waals surface area contributed by atoms with Crippen molar-refractivity contribution in [3.63, 3.8) is 0 Å². The number of carbonyl (C=O) groups is 1. The first-order chi connectivity index (χ1) is 10.5. The molecule has 0 aliphatic carbocycles. The minimum absolute atomic E-state index is 0.0477. The van der Waals surface area contributed by atoms with Crippen molar-refractivity contribution in [3.05, 3.63) is 23.8 Å². The first-order valence-corrected chi connectivity index (χ1v) is 7.89. The maximum absolute atomic E-state index is 12.0. The normalized spacial score (nSPS) is 21.1. The molecular formula is C17H27N3O2. The zero-order chi connectivity index (χ0) is 16.1. The van der Waals surface area contributed by atoms with E-state index in [9.17, 15) is 4.79 Å². The summed E-state index contributed by atoms with van der Waals surface area (Å²) in [5, 5.41) is 6.50. The predicted octanol–water partition coefficient (Wildman–Crippen LogP) is 2.47. The standard InChI is InChI=1S/C17H27N3O2/c1-12-5-6-14(18-15-8-10-22-13(15)2)11-16(12)19-17(21)7-9-20(3)4/h5-6,11,13,15,18H,7-10H2,1-4H3,(H,19,21). The highest BCUT2D eigenvalue weighted by Crippen LogP contribution is 2.24. The molecule has 22 heavy (non-hydrogen) atoms. The number of rotatable bonds is 6. The highest BCUT2D eigenvalue weighted by atomic mass is 16.5. The van der Waals surface area contributed by atoms with Crippen molar-refractivity contribution in [1.29, 1.82) is 0 Å². The number of hydrogen-bond acceptors (Lipinski definition) is 4. The summed E-state index contributed by atoms with van der Waals surface area (Å²) in [6.07, 6.45) is 1.73. The van der Waals surface area contributed by atoms with E-state index in [1.165, 1.54) is 0 Å². The second-order valence-corrected chi connectivity index (χ2v) is 6.25. The van der Waals surface area contributed by atoms with Crippen LogP contribution in [-0.2, 0) is 9.53 Å². The van der Waals surface area contributed by atoms with Crippen molar-refractivity contribution < 1.29 is 9.53 Å². The molecule has 2 atom stereocenters. The zero-order valence-electron chi connectivity index (χ0n) is 14.0. The van der Waals surface area contributed by atoms with Crippen LogP contribution in [0, 0.1) is 6.92 Å². The molecule has 122 valence electrons. The van der Waals surface area contributed by atoms with Crippen LogP contribution in [0.4, 0.5) is 11.4 Å². The van der Waals surface area contributed by atoms with Gasteiger partial charge in [0.15, 0.2) is 0 Å². The van der Waals surface area contributed by atoms with Gasteiger partial charge in [0.25, 0.3) is 0 Å². The van der Waals surface area contributed by atoms with Crippen LogP contribution in [0.2, 0.25) is 0 Å². The van der Waals surface area contributed by atoms with E-state index in [0.29, 0.717) is 12.5 Å². The van der Waals surface area contributed by atoms with E-state index in [-0.39, 0.29) is 12.0 Å². The average Bonchev–Trinajstić information content (AvgIpc) is 2.86. The van der Waals surface area contributed by atoms with Crippen LogP contribution in [-0.4, -0.2) is 50.2 Å². The average molecular weight is 305 g/mol. The Balaban J connectivity index is 1.98. The van der Waals surface area contributed by atoms with Crippen LogP contribution in [0.15, 0.2) is 18.2 Å². The Labute approximate surface area is 133 Å². The van der Waals surface area contributed by atoms with Crippen molar-refractivity contribution in [1.82, 2.24) is 4.90 Å². The van der Waals surface area contributed by atoms with Gasteiger partial charge in [0, 0.05) is 30.9 Å². The lowest BCUT2D eigenvalue weighted by Crippen LogP contribution is -2.26. The second kappa shape index (κ2) is 7.61. The molecule has 0 spiro atoms. The highest BCUT2D eigenvalue weighted by molar-refractivity contribution is 5.92. The monoisotopic (exact) mass is 305 g/mol. The molecular weight excluding hydrogens is 278 g/mol. The minimum Gasteiger partial charge on any atom is -0.380 e. The second-order valence-electron chi connectivity index (χ2n) is 6.25. The van der Waals surface area contributed by atoms with Crippen molar-refractivity contribution in [3.8, 4) is 0 Å². The molecule has 1 aromatic carbocycles. The highest BCUT2D eigenvalue weighted by Gasteiger charge is 2.23. The Kier molecular flexibility index (Phi) is 5.80. The fraction of sp³-hybridized carbons (Fsp3) is 0.588. The maximum Gasteiger partial charge on any atom is 0.225 e. The molecule has 1 fully saturated rings. The van der Waals surface area contributed by atoms with Gasteiger partial charge in [-0.2, -0.15) is 0 Å². The van der Waals surface area contributed by atoms with Gasteiger partial charge in [-0.25, -0.2) is 0 Å². The fourth-order valence-electron chi connectivity index (χ4n) is 2.52. The molecule has 1 aliphatic rings. The largest absolute Gasteiger partial charge is 0.380 e. The van der Waals surface area contributed by atoms with E-state index in [1.54, 1.807) is 0 Å². The number of ether oxygens (including phenoxy) is 1. The summed E-state index contributed by atoms with van der Waals surface area (Å²) in [6.45, 7) is 5.65. The van der Waals surface area contributed by atoms with Gasteiger partial charge >= 0.3 is 0 Å². The summed E-state index contributed by atoms with van der Waals surface area (Å²) in [5.74, 6) is 0.0477. The van der Waals surface area contributed by atoms with Gasteiger partial charge in [-0.1, -0.05) is 6.07 Å². The number of aryl methyl sites for hydroxylation is 1. The van der Waals surface area contributed by atoms with Gasteiger partial charge in [-0.15, -0.1) is 0 Å². The molecule has 2 unspecified atom stereocenters. The third-order valence-corrected chi connectivity index (χ3v) is 4.03. The zero-order valence-corrected chi connectivity index (χ0v) is 14.0. The first kappa shape index (κ1) is 16.8. The van der Waals surface area contributed by atoms with Crippen LogP contribution in [0.3, 0.4) is 0 Å². The summed E-state index contributed by atoms with van der Waals surface area (Å²) in [4.78, 5) is 14.0. The van der Waals surface area contributed by atoms with Gasteiger partial charge < -0.3 is 20.3 Å². The molecule has 0 aromatic heterocycles. The van der Waals surface area contributed by atoms with E-state index < -0.39 is 0 Å². The van der Waals surface area contributed by atoms with Gasteiger partial charge in [0.1, 0.15) is 0 Å². The molecule has 5 heteroatoms. The summed E-state index contributed by atoms with van der Waals surface area (Å²) in [5.41, 5.74) is 2.97. The molecule has 0 saturated carbocycles. The van der Waals surface area contributed by atoms with E-state index in [1.807, 2.05) is 38.1 Å². The molecule has 2 N–H and O–H groups in total. The molecule has 1 amide bonds. The third-order valence-electron chi connectivity index (χ3n) is 4.03. The quantitative estimate of drug-likeness (QED) is 0.848. The van der Waals surface area contributed by atoms with E-state index in [0.717, 1.165) is 36.5 Å². The van der Waals surface area contributed by atoms with Crippen LogP contribution >= 0.6 is 0 Å². The van der Waals surface area contributed by atoms with E-state index in [2.05, 4.69) is 23.6 Å². The number of nitrogens with zero attached hydrogens (tertiary/aromatic N) is 1. The lowest BCUT2D eigenvalue weighted by molar-refractivity contribution is -0.116. The SMILES string of the molecule is Cc1ccc(NC2CCOC2C)cc1NC(=O)CCN(C)C. The smallest absolute Gasteiger partial charge is 0.225 e. The van der Waals surface area contributed by atoms with Crippen LogP contribution in [0.25, 0.3) is 0 Å². The maximum atomic E-state index is 12.0. The summed E-state index contributed by atoms with van der Waals surface area (Å²) >= 11 is 0. The predicted molar refractivity (Wildman–Crippen MR) is 90.4 cm³/mol. The number of benzene rings is 1. The molecule has 0 bridgehead atoms. The lowest BCUT2D eigenvalue weighted by Gasteiger charge is -2.19. The Morgan fingerprint density at radius 2 is 2.18 bits per heavy atom. The van der Waals surface area contributed by atoms with E-state index >= 15 is 0 Å². The minimum atomic E-state index is 0.0477. The van der Waals surface area contributed by atoms with Crippen LogP contribution in [0.5, 0.6) is 0 Å². The summed E-state index contributed by atoms with van der Waals surface area (Å²) in [6, 6.07) is 6.42. The summed E-state index contributed by atoms with van der Waals surface area (Å²) < 4.78 is 5.57. The van der Waals surface area contributed by atoms with Gasteiger partial charge in [-0.3, -0.25) is 4.79 Å². The first-order valence-electron chi connectivity index (χ1n) is 7.89. The third kappa shape index (κ3) is 4.71. The Hall–Kier alpha value is -1.59. The van der Waals surface area contributed by atoms with Crippen molar-refractivity contribution >= 4 is 17.3 Å². The number of carbonyl (C=O) groups excluding carboxylic acids is 1. The van der Waals surface area contributed by atoms with Gasteiger partial charge in [0.05, 0.1) is 12.1 Å². The fourth-order valence-corrected chi connectivity index (χ4v) is 2.52. The molecule has 2 rings (SSSR count). The number of hydrogen-bond donors (Lipinski definition) is 2. The molecule has 1 saturated heterocycles. The Morgan fingerprint density at radius 3 is 2.82 bits per heavy atom.